The summed E-state index contributed by atoms with van der Waals surface area (Å²) in [6.07, 6.45) is 0. The van der Waals surface area contributed by atoms with E-state index in [4.69, 9.17) is 17.0 Å². The Balaban J connectivity index is 2.04. The predicted molar refractivity (Wildman–Crippen MR) is 100 cm³/mol. The van der Waals surface area contributed by atoms with Gasteiger partial charge in [0.1, 0.15) is 5.75 Å². The van der Waals surface area contributed by atoms with Crippen LogP contribution in [0.3, 0.4) is 0 Å². The zero-order valence-corrected chi connectivity index (χ0v) is 15.5. The van der Waals surface area contributed by atoms with Gasteiger partial charge in [0.2, 0.25) is 0 Å². The first-order chi connectivity index (χ1) is 10.9. The van der Waals surface area contributed by atoms with E-state index in [1.165, 1.54) is 5.56 Å². The van der Waals surface area contributed by atoms with Crippen LogP contribution in [0.25, 0.3) is 0 Å². The van der Waals surface area contributed by atoms with E-state index >= 15 is 0 Å². The molecular weight excluding hydrogens is 376 g/mol. The van der Waals surface area contributed by atoms with E-state index in [2.05, 4.69) is 26.6 Å². The SMILES string of the molecule is COc1ccc(C(=O)NC(=S)Nc2cc(C)c(C)cc2Br)cc1. The minimum absolute atomic E-state index is 0.245. The number of benzene rings is 2. The first kappa shape index (κ1) is 17.4. The summed E-state index contributed by atoms with van der Waals surface area (Å²) in [7, 11) is 1.58. The molecule has 0 saturated heterocycles. The number of hydrogen-bond acceptors (Lipinski definition) is 3. The number of carbonyl (C=O) groups is 1. The number of carbonyl (C=O) groups excluding carboxylic acids is 1. The minimum atomic E-state index is -0.273. The minimum Gasteiger partial charge on any atom is -0.497 e. The van der Waals surface area contributed by atoms with Gasteiger partial charge in [-0.15, -0.1) is 0 Å². The van der Waals surface area contributed by atoms with Crippen molar-refractivity contribution in [3.63, 3.8) is 0 Å². The Kier molecular flexibility index (Phi) is 5.74. The van der Waals surface area contributed by atoms with Gasteiger partial charge in [-0.25, -0.2) is 0 Å². The van der Waals surface area contributed by atoms with Crippen LogP contribution in [-0.4, -0.2) is 18.1 Å². The van der Waals surface area contributed by atoms with Gasteiger partial charge in [0, 0.05) is 10.0 Å². The number of thiocarbonyl (C=S) groups is 1. The van der Waals surface area contributed by atoms with Crippen LogP contribution in [0.4, 0.5) is 5.69 Å². The average Bonchev–Trinajstić information content (AvgIpc) is 2.52. The molecule has 0 radical (unpaired) electrons. The molecule has 23 heavy (non-hydrogen) atoms. The molecule has 0 aliphatic rings. The summed E-state index contributed by atoms with van der Waals surface area (Å²) in [5.74, 6) is 0.423. The summed E-state index contributed by atoms with van der Waals surface area (Å²) in [6, 6.07) is 10.8. The summed E-state index contributed by atoms with van der Waals surface area (Å²) in [5.41, 5.74) is 3.64. The van der Waals surface area contributed by atoms with E-state index < -0.39 is 0 Å². The zero-order chi connectivity index (χ0) is 17.0. The number of ether oxygens (including phenoxy) is 1. The highest BCUT2D eigenvalue weighted by Gasteiger charge is 2.10. The number of rotatable bonds is 3. The van der Waals surface area contributed by atoms with Crippen LogP contribution in [-0.2, 0) is 0 Å². The van der Waals surface area contributed by atoms with Gasteiger partial charge in [-0.1, -0.05) is 0 Å². The third-order valence-electron chi connectivity index (χ3n) is 3.41. The lowest BCUT2D eigenvalue weighted by molar-refractivity contribution is 0.0977. The van der Waals surface area contributed by atoms with Crippen molar-refractivity contribution in [2.45, 2.75) is 13.8 Å². The molecule has 2 aromatic rings. The number of amides is 1. The highest BCUT2D eigenvalue weighted by molar-refractivity contribution is 9.10. The molecule has 6 heteroatoms. The zero-order valence-electron chi connectivity index (χ0n) is 13.1. The molecular formula is C17H17BrN2O2S. The van der Waals surface area contributed by atoms with Crippen LogP contribution < -0.4 is 15.4 Å². The molecule has 4 nitrogen and oxygen atoms in total. The highest BCUT2D eigenvalue weighted by Crippen LogP contribution is 2.26. The third-order valence-corrected chi connectivity index (χ3v) is 4.27. The van der Waals surface area contributed by atoms with E-state index in [0.717, 1.165) is 15.7 Å². The standard InChI is InChI=1S/C17H17BrN2O2S/c1-10-8-14(18)15(9-11(10)2)19-17(23)20-16(21)12-4-6-13(22-3)7-5-12/h4-9H,1-3H3,(H2,19,20,21,23). The van der Waals surface area contributed by atoms with Crippen molar-refractivity contribution in [2.75, 3.05) is 12.4 Å². The van der Waals surface area contributed by atoms with Crippen LogP contribution >= 0.6 is 28.1 Å². The van der Waals surface area contributed by atoms with Crippen molar-refractivity contribution in [2.24, 2.45) is 0 Å². The number of aryl methyl sites for hydroxylation is 2. The first-order valence-electron chi connectivity index (χ1n) is 6.94. The molecule has 0 aliphatic carbocycles. The normalized spacial score (nSPS) is 10.1. The van der Waals surface area contributed by atoms with Crippen LogP contribution in [0.1, 0.15) is 21.5 Å². The van der Waals surface area contributed by atoms with Gasteiger partial charge in [0.15, 0.2) is 5.11 Å². The molecule has 1 amide bonds. The van der Waals surface area contributed by atoms with Gasteiger partial charge in [-0.2, -0.15) is 0 Å². The maximum atomic E-state index is 12.2. The van der Waals surface area contributed by atoms with Crippen molar-refractivity contribution >= 4 is 44.9 Å². The van der Waals surface area contributed by atoms with Crippen molar-refractivity contribution in [1.82, 2.24) is 5.32 Å². The van der Waals surface area contributed by atoms with E-state index in [-0.39, 0.29) is 11.0 Å². The Morgan fingerprint density at radius 3 is 2.35 bits per heavy atom. The second-order valence-electron chi connectivity index (χ2n) is 5.05. The van der Waals surface area contributed by atoms with Crippen molar-refractivity contribution in [3.05, 3.63) is 57.6 Å². The Morgan fingerprint density at radius 1 is 1.13 bits per heavy atom. The predicted octanol–water partition coefficient (Wildman–Crippen LogP) is 4.20. The summed E-state index contributed by atoms with van der Waals surface area (Å²) in [5, 5.41) is 5.94. The van der Waals surface area contributed by atoms with Gasteiger partial charge in [-0.3, -0.25) is 10.1 Å². The van der Waals surface area contributed by atoms with Crippen LogP contribution in [0.2, 0.25) is 0 Å². The molecule has 2 aromatic carbocycles. The van der Waals surface area contributed by atoms with E-state index in [1.54, 1.807) is 31.4 Å². The molecule has 0 spiro atoms. The van der Waals surface area contributed by atoms with E-state index in [9.17, 15) is 4.79 Å². The largest absolute Gasteiger partial charge is 0.497 e. The second-order valence-corrected chi connectivity index (χ2v) is 6.32. The topological polar surface area (TPSA) is 50.4 Å². The quantitative estimate of drug-likeness (QED) is 0.768. The van der Waals surface area contributed by atoms with Crippen LogP contribution in [0.5, 0.6) is 5.75 Å². The molecule has 0 saturated carbocycles. The number of halogens is 1. The molecule has 0 unspecified atom stereocenters. The number of nitrogens with one attached hydrogen (secondary N) is 2. The average molecular weight is 393 g/mol. The van der Waals surface area contributed by atoms with Gasteiger partial charge >= 0.3 is 0 Å². The monoisotopic (exact) mass is 392 g/mol. The highest BCUT2D eigenvalue weighted by atomic mass is 79.9. The lowest BCUT2D eigenvalue weighted by Gasteiger charge is -2.13. The molecule has 0 heterocycles. The third kappa shape index (κ3) is 4.53. The second kappa shape index (κ2) is 7.57. The smallest absolute Gasteiger partial charge is 0.257 e. The lowest BCUT2D eigenvalue weighted by Crippen LogP contribution is -2.34. The summed E-state index contributed by atoms with van der Waals surface area (Å²) < 4.78 is 5.96. The Morgan fingerprint density at radius 2 is 1.74 bits per heavy atom. The lowest BCUT2D eigenvalue weighted by atomic mass is 10.1. The number of hydrogen-bond donors (Lipinski definition) is 2. The van der Waals surface area contributed by atoms with E-state index in [0.29, 0.717) is 11.3 Å². The number of methoxy groups -OCH3 is 1. The summed E-state index contributed by atoms with van der Waals surface area (Å²) in [4.78, 5) is 12.2. The van der Waals surface area contributed by atoms with Gasteiger partial charge in [0.05, 0.1) is 12.8 Å². The summed E-state index contributed by atoms with van der Waals surface area (Å²) in [6.45, 7) is 4.06. The molecule has 0 aromatic heterocycles. The first-order valence-corrected chi connectivity index (χ1v) is 8.14. The van der Waals surface area contributed by atoms with E-state index in [1.807, 2.05) is 26.0 Å². The maximum absolute atomic E-state index is 12.2. The molecule has 120 valence electrons. The fourth-order valence-corrected chi connectivity index (χ4v) is 2.71. The Bertz CT molecular complexity index is 745. The van der Waals surface area contributed by atoms with Gasteiger partial charge in [-0.05, 0) is 89.5 Å². The van der Waals surface area contributed by atoms with Crippen molar-refractivity contribution < 1.29 is 9.53 Å². The molecule has 2 rings (SSSR count). The van der Waals surface area contributed by atoms with Gasteiger partial charge in [0.25, 0.3) is 5.91 Å². The van der Waals surface area contributed by atoms with Crippen molar-refractivity contribution in [3.8, 4) is 5.75 Å². The van der Waals surface area contributed by atoms with Crippen molar-refractivity contribution in [1.29, 1.82) is 0 Å². The molecule has 0 bridgehead atoms. The van der Waals surface area contributed by atoms with Crippen LogP contribution in [0.15, 0.2) is 40.9 Å². The summed E-state index contributed by atoms with van der Waals surface area (Å²) >= 11 is 8.70. The molecule has 0 atom stereocenters. The fourth-order valence-electron chi connectivity index (χ4n) is 1.95. The van der Waals surface area contributed by atoms with Gasteiger partial charge < -0.3 is 10.1 Å². The number of anilines is 1. The Hall–Kier alpha value is -1.92. The molecule has 0 aliphatic heterocycles. The van der Waals surface area contributed by atoms with Crippen LogP contribution in [0, 0.1) is 13.8 Å². The molecule has 0 fully saturated rings. The fraction of sp³-hybridized carbons (Fsp3) is 0.176. The Labute approximate surface area is 149 Å². The maximum Gasteiger partial charge on any atom is 0.257 e. The molecule has 2 N–H and O–H groups in total.